The molecule has 134 valence electrons. The lowest BCUT2D eigenvalue weighted by atomic mass is 9.87. The molecule has 2 aliphatic heterocycles. The summed E-state index contributed by atoms with van der Waals surface area (Å²) in [6.07, 6.45) is 0.696. The van der Waals surface area contributed by atoms with E-state index in [2.05, 4.69) is 11.8 Å². The standard InChI is InChI=1S/C16H28F2N2O3/c1-3-12-8-20(15(22)11-23-2)14(10-21)13(12)9-19-6-4-16(17,18)5-7-19/h12-14,21H,3-11H2,1-2H3/t12-,13-,14-/m1/s1. The van der Waals surface area contributed by atoms with Gasteiger partial charge in [-0.05, 0) is 11.8 Å². The van der Waals surface area contributed by atoms with Crippen LogP contribution in [0.1, 0.15) is 26.2 Å². The van der Waals surface area contributed by atoms with Gasteiger partial charge in [-0.15, -0.1) is 0 Å². The summed E-state index contributed by atoms with van der Waals surface area (Å²) in [5.74, 6) is -2.25. The van der Waals surface area contributed by atoms with Gasteiger partial charge in [0.25, 0.3) is 5.92 Å². The van der Waals surface area contributed by atoms with Gasteiger partial charge in [0.05, 0.1) is 12.6 Å². The molecule has 0 saturated carbocycles. The number of methoxy groups -OCH3 is 1. The Morgan fingerprint density at radius 2 is 2.00 bits per heavy atom. The van der Waals surface area contributed by atoms with Crippen molar-refractivity contribution in [1.82, 2.24) is 9.80 Å². The minimum Gasteiger partial charge on any atom is -0.394 e. The molecule has 0 radical (unpaired) electrons. The average Bonchev–Trinajstić information content (AvgIpc) is 2.87. The van der Waals surface area contributed by atoms with Crippen LogP contribution < -0.4 is 0 Å². The molecule has 0 spiro atoms. The monoisotopic (exact) mass is 334 g/mol. The lowest BCUT2D eigenvalue weighted by Gasteiger charge is -2.36. The van der Waals surface area contributed by atoms with Crippen LogP contribution in [0.25, 0.3) is 0 Å². The summed E-state index contributed by atoms with van der Waals surface area (Å²) in [7, 11) is 1.48. The number of ether oxygens (including phenoxy) is 1. The topological polar surface area (TPSA) is 53.0 Å². The van der Waals surface area contributed by atoms with Crippen LogP contribution in [0.15, 0.2) is 0 Å². The Kier molecular flexibility index (Phi) is 6.33. The molecule has 2 saturated heterocycles. The highest BCUT2D eigenvalue weighted by molar-refractivity contribution is 5.78. The number of rotatable bonds is 6. The summed E-state index contributed by atoms with van der Waals surface area (Å²) in [5.41, 5.74) is 0. The second-order valence-corrected chi connectivity index (χ2v) is 6.72. The Bertz CT molecular complexity index is 399. The summed E-state index contributed by atoms with van der Waals surface area (Å²) < 4.78 is 31.5. The zero-order chi connectivity index (χ0) is 17.0. The summed E-state index contributed by atoms with van der Waals surface area (Å²) >= 11 is 0. The molecule has 2 aliphatic rings. The fourth-order valence-electron chi connectivity index (χ4n) is 3.86. The Labute approximate surface area is 136 Å². The number of carbonyl (C=O) groups excluding carboxylic acids is 1. The van der Waals surface area contributed by atoms with Gasteiger partial charge in [0.2, 0.25) is 5.91 Å². The van der Waals surface area contributed by atoms with Crippen LogP contribution in [0.2, 0.25) is 0 Å². The fraction of sp³-hybridized carbons (Fsp3) is 0.938. The summed E-state index contributed by atoms with van der Waals surface area (Å²) in [6, 6.07) is -0.245. The van der Waals surface area contributed by atoms with E-state index in [1.165, 1.54) is 7.11 Å². The quantitative estimate of drug-likeness (QED) is 0.793. The van der Waals surface area contributed by atoms with Gasteiger partial charge < -0.3 is 19.6 Å². The molecule has 7 heteroatoms. The number of hydrogen-bond donors (Lipinski definition) is 1. The summed E-state index contributed by atoms with van der Waals surface area (Å²) in [4.78, 5) is 15.9. The second kappa shape index (κ2) is 7.85. The SMILES string of the molecule is CC[C@@H]1CN(C(=O)COC)[C@H](CO)[C@@H]1CN1CCC(F)(F)CC1. The zero-order valence-corrected chi connectivity index (χ0v) is 14.0. The first-order chi connectivity index (χ1) is 10.9. The van der Waals surface area contributed by atoms with Crippen molar-refractivity contribution in [3.8, 4) is 0 Å². The maximum atomic E-state index is 13.3. The molecule has 0 bridgehead atoms. The van der Waals surface area contributed by atoms with Crippen molar-refractivity contribution >= 4 is 5.91 Å². The van der Waals surface area contributed by atoms with Crippen molar-refractivity contribution in [3.63, 3.8) is 0 Å². The van der Waals surface area contributed by atoms with Crippen LogP contribution in [0.3, 0.4) is 0 Å². The van der Waals surface area contributed by atoms with Crippen LogP contribution in [0.5, 0.6) is 0 Å². The number of amides is 1. The fourth-order valence-corrected chi connectivity index (χ4v) is 3.86. The first-order valence-corrected chi connectivity index (χ1v) is 8.41. The van der Waals surface area contributed by atoms with Crippen molar-refractivity contribution in [1.29, 1.82) is 0 Å². The normalized spacial score (nSPS) is 31.5. The number of piperidine rings is 1. The molecule has 0 unspecified atom stereocenters. The predicted octanol–water partition coefficient (Wildman–Crippen LogP) is 1.21. The van der Waals surface area contributed by atoms with E-state index in [-0.39, 0.29) is 49.8 Å². The Balaban J connectivity index is 2.01. The van der Waals surface area contributed by atoms with Crippen LogP contribution in [0.4, 0.5) is 8.78 Å². The van der Waals surface area contributed by atoms with Crippen LogP contribution in [0, 0.1) is 11.8 Å². The number of aliphatic hydroxyl groups excluding tert-OH is 1. The first kappa shape index (κ1) is 18.5. The Hall–Kier alpha value is -0.790. The third-order valence-corrected chi connectivity index (χ3v) is 5.29. The molecule has 3 atom stereocenters. The molecule has 2 rings (SSSR count). The lowest BCUT2D eigenvalue weighted by molar-refractivity contribution is -0.137. The van der Waals surface area contributed by atoms with Gasteiger partial charge in [-0.25, -0.2) is 8.78 Å². The molecule has 0 aliphatic carbocycles. The van der Waals surface area contributed by atoms with Gasteiger partial charge >= 0.3 is 0 Å². The van der Waals surface area contributed by atoms with Crippen LogP contribution in [-0.4, -0.2) is 79.3 Å². The number of likely N-dealkylation sites (tertiary alicyclic amines) is 2. The van der Waals surface area contributed by atoms with Gasteiger partial charge in [-0.3, -0.25) is 4.79 Å². The molecule has 1 N–H and O–H groups in total. The average molecular weight is 334 g/mol. The summed E-state index contributed by atoms with van der Waals surface area (Å²) in [5, 5.41) is 9.78. The Morgan fingerprint density at radius 1 is 1.35 bits per heavy atom. The minimum atomic E-state index is -2.55. The van der Waals surface area contributed by atoms with Gasteiger partial charge in [-0.1, -0.05) is 13.3 Å². The van der Waals surface area contributed by atoms with E-state index < -0.39 is 5.92 Å². The third kappa shape index (κ3) is 4.39. The van der Waals surface area contributed by atoms with Gasteiger partial charge in [0.1, 0.15) is 6.61 Å². The van der Waals surface area contributed by atoms with E-state index in [0.717, 1.165) is 6.42 Å². The number of hydrogen-bond acceptors (Lipinski definition) is 4. The molecule has 5 nitrogen and oxygen atoms in total. The van der Waals surface area contributed by atoms with E-state index in [1.807, 2.05) is 0 Å². The van der Waals surface area contributed by atoms with Gasteiger partial charge in [0, 0.05) is 46.1 Å². The van der Waals surface area contributed by atoms with Crippen molar-refractivity contribution in [2.75, 3.05) is 46.5 Å². The highest BCUT2D eigenvalue weighted by Gasteiger charge is 2.44. The number of carbonyl (C=O) groups is 1. The molecule has 2 fully saturated rings. The third-order valence-electron chi connectivity index (χ3n) is 5.29. The van der Waals surface area contributed by atoms with Crippen LogP contribution in [-0.2, 0) is 9.53 Å². The Morgan fingerprint density at radius 3 is 2.52 bits per heavy atom. The second-order valence-electron chi connectivity index (χ2n) is 6.72. The van der Waals surface area contributed by atoms with Crippen molar-refractivity contribution < 1.29 is 23.4 Å². The highest BCUT2D eigenvalue weighted by Crippen LogP contribution is 2.35. The van der Waals surface area contributed by atoms with E-state index in [0.29, 0.717) is 26.2 Å². The number of nitrogens with zero attached hydrogens (tertiary/aromatic N) is 2. The number of aliphatic hydroxyl groups is 1. The smallest absolute Gasteiger partial charge is 0.250 e. The summed E-state index contributed by atoms with van der Waals surface area (Å²) in [6.45, 7) is 4.01. The highest BCUT2D eigenvalue weighted by atomic mass is 19.3. The molecule has 1 amide bonds. The van der Waals surface area contributed by atoms with Gasteiger partial charge in [0.15, 0.2) is 0 Å². The van der Waals surface area contributed by atoms with E-state index >= 15 is 0 Å². The van der Waals surface area contributed by atoms with Crippen molar-refractivity contribution in [2.45, 2.75) is 38.2 Å². The molecule has 0 aromatic heterocycles. The van der Waals surface area contributed by atoms with E-state index in [1.54, 1.807) is 4.90 Å². The lowest BCUT2D eigenvalue weighted by Crippen LogP contribution is -2.47. The molecule has 0 aromatic rings. The minimum absolute atomic E-state index is 0.00951. The van der Waals surface area contributed by atoms with Gasteiger partial charge in [-0.2, -0.15) is 0 Å². The zero-order valence-electron chi connectivity index (χ0n) is 14.0. The first-order valence-electron chi connectivity index (χ1n) is 8.41. The number of halogens is 2. The number of alkyl halides is 2. The molecule has 2 heterocycles. The van der Waals surface area contributed by atoms with E-state index in [9.17, 15) is 18.7 Å². The maximum absolute atomic E-state index is 13.3. The molecular weight excluding hydrogens is 306 g/mol. The largest absolute Gasteiger partial charge is 0.394 e. The molecule has 23 heavy (non-hydrogen) atoms. The molecule has 0 aromatic carbocycles. The molecular formula is C16H28F2N2O3. The van der Waals surface area contributed by atoms with Crippen molar-refractivity contribution in [3.05, 3.63) is 0 Å². The maximum Gasteiger partial charge on any atom is 0.250 e. The van der Waals surface area contributed by atoms with Crippen molar-refractivity contribution in [2.24, 2.45) is 11.8 Å². The predicted molar refractivity (Wildman–Crippen MR) is 82.4 cm³/mol. The van der Waals surface area contributed by atoms with Crippen LogP contribution >= 0.6 is 0 Å². The van der Waals surface area contributed by atoms with E-state index in [4.69, 9.17) is 4.74 Å².